The Morgan fingerprint density at radius 2 is 2.09 bits per heavy atom. The van der Waals surface area contributed by atoms with Gasteiger partial charge in [-0.05, 0) is 43.2 Å². The van der Waals surface area contributed by atoms with Gasteiger partial charge in [-0.3, -0.25) is 0 Å². The summed E-state index contributed by atoms with van der Waals surface area (Å²) < 4.78 is 13.5. The van der Waals surface area contributed by atoms with Gasteiger partial charge in [0.1, 0.15) is 11.2 Å². The van der Waals surface area contributed by atoms with Crippen molar-refractivity contribution in [1.29, 1.82) is 0 Å². The molecule has 1 fully saturated rings. The van der Waals surface area contributed by atoms with Crippen LogP contribution in [0, 0.1) is 19.7 Å². The van der Waals surface area contributed by atoms with Crippen molar-refractivity contribution in [1.82, 2.24) is 4.90 Å². The van der Waals surface area contributed by atoms with Gasteiger partial charge >= 0.3 is 6.03 Å². The minimum absolute atomic E-state index is 0.142. The molecule has 0 spiro atoms. The third kappa shape index (κ3) is 3.50. The number of amides is 2. The molecule has 1 aliphatic rings. The lowest BCUT2D eigenvalue weighted by atomic mass is 10.1. The Balaban J connectivity index is 1.78. The lowest BCUT2D eigenvalue weighted by molar-refractivity contribution is 0.214. The first-order chi connectivity index (χ1) is 11.0. The molecule has 0 aliphatic carbocycles. The van der Waals surface area contributed by atoms with E-state index >= 15 is 0 Å². The van der Waals surface area contributed by atoms with Gasteiger partial charge in [0, 0.05) is 18.0 Å². The van der Waals surface area contributed by atoms with E-state index in [1.165, 1.54) is 12.1 Å². The standard InChI is InChI=1S/C18H19FN2OS/c1-12-6-7-16(13(2)10-12)20-18(22)21-8-9-23-17(21)14-4-3-5-15(19)11-14/h3-7,10-11,17H,8-9H2,1-2H3,(H,20,22). The average molecular weight is 330 g/mol. The molecule has 2 aromatic rings. The topological polar surface area (TPSA) is 32.3 Å². The Kier molecular flexibility index (Phi) is 4.57. The number of halogens is 1. The molecule has 3 nitrogen and oxygen atoms in total. The summed E-state index contributed by atoms with van der Waals surface area (Å²) in [6, 6.07) is 12.3. The van der Waals surface area contributed by atoms with Crippen molar-refractivity contribution in [3.8, 4) is 0 Å². The van der Waals surface area contributed by atoms with E-state index in [4.69, 9.17) is 0 Å². The summed E-state index contributed by atoms with van der Waals surface area (Å²) >= 11 is 1.66. The van der Waals surface area contributed by atoms with Crippen molar-refractivity contribution in [3.05, 3.63) is 65.0 Å². The van der Waals surface area contributed by atoms with E-state index in [9.17, 15) is 9.18 Å². The second-order valence-corrected chi connectivity index (χ2v) is 6.91. The van der Waals surface area contributed by atoms with Gasteiger partial charge < -0.3 is 10.2 Å². The lowest BCUT2D eigenvalue weighted by Crippen LogP contribution is -2.34. The maximum atomic E-state index is 13.5. The van der Waals surface area contributed by atoms with Crippen LogP contribution in [0.5, 0.6) is 0 Å². The minimum Gasteiger partial charge on any atom is -0.308 e. The Morgan fingerprint density at radius 3 is 2.83 bits per heavy atom. The smallest absolute Gasteiger partial charge is 0.308 e. The average Bonchev–Trinajstić information content (AvgIpc) is 2.99. The Labute approximate surface area is 139 Å². The number of hydrogen-bond donors (Lipinski definition) is 1. The predicted molar refractivity (Wildman–Crippen MR) is 93.2 cm³/mol. The number of nitrogens with zero attached hydrogens (tertiary/aromatic N) is 1. The van der Waals surface area contributed by atoms with Crippen molar-refractivity contribution in [3.63, 3.8) is 0 Å². The summed E-state index contributed by atoms with van der Waals surface area (Å²) in [5.74, 6) is 0.575. The van der Waals surface area contributed by atoms with Gasteiger partial charge in [0.25, 0.3) is 0 Å². The quantitative estimate of drug-likeness (QED) is 0.864. The third-order valence-corrected chi connectivity index (χ3v) is 5.17. The van der Waals surface area contributed by atoms with E-state index in [1.54, 1.807) is 22.7 Å². The van der Waals surface area contributed by atoms with Gasteiger partial charge in [-0.15, -0.1) is 11.8 Å². The summed E-state index contributed by atoms with van der Waals surface area (Å²) in [5, 5.41) is 2.83. The molecular weight excluding hydrogens is 311 g/mol. The van der Waals surface area contributed by atoms with Gasteiger partial charge in [-0.2, -0.15) is 0 Å². The summed E-state index contributed by atoms with van der Waals surface area (Å²) in [4.78, 5) is 14.4. The number of urea groups is 1. The van der Waals surface area contributed by atoms with Crippen LogP contribution in [0.15, 0.2) is 42.5 Å². The number of anilines is 1. The molecule has 1 unspecified atom stereocenters. The zero-order valence-electron chi connectivity index (χ0n) is 13.2. The third-order valence-electron chi connectivity index (χ3n) is 3.91. The highest BCUT2D eigenvalue weighted by atomic mass is 32.2. The fraction of sp³-hybridized carbons (Fsp3) is 0.278. The van der Waals surface area contributed by atoms with E-state index in [1.807, 2.05) is 38.1 Å². The second-order valence-electron chi connectivity index (χ2n) is 5.72. The number of carbonyl (C=O) groups is 1. The molecule has 23 heavy (non-hydrogen) atoms. The number of nitrogens with one attached hydrogen (secondary N) is 1. The number of carbonyl (C=O) groups excluding carboxylic acids is 1. The molecule has 1 aliphatic heterocycles. The molecule has 2 aromatic carbocycles. The lowest BCUT2D eigenvalue weighted by Gasteiger charge is -2.25. The number of benzene rings is 2. The van der Waals surface area contributed by atoms with Gasteiger partial charge in [0.05, 0.1) is 0 Å². The molecule has 0 radical (unpaired) electrons. The van der Waals surface area contributed by atoms with Crippen LogP contribution >= 0.6 is 11.8 Å². The van der Waals surface area contributed by atoms with Crippen LogP contribution < -0.4 is 5.32 Å². The molecule has 0 aromatic heterocycles. The fourth-order valence-electron chi connectivity index (χ4n) is 2.76. The van der Waals surface area contributed by atoms with E-state index in [0.29, 0.717) is 6.54 Å². The number of aryl methyl sites for hydroxylation is 2. The van der Waals surface area contributed by atoms with E-state index in [-0.39, 0.29) is 17.2 Å². The van der Waals surface area contributed by atoms with Crippen molar-refractivity contribution in [2.45, 2.75) is 19.2 Å². The van der Waals surface area contributed by atoms with Crippen LogP contribution in [0.4, 0.5) is 14.9 Å². The van der Waals surface area contributed by atoms with E-state index in [0.717, 1.165) is 28.1 Å². The highest BCUT2D eigenvalue weighted by Crippen LogP contribution is 2.38. The maximum Gasteiger partial charge on any atom is 0.323 e. The normalized spacial score (nSPS) is 17.3. The monoisotopic (exact) mass is 330 g/mol. The van der Waals surface area contributed by atoms with Crippen LogP contribution in [0.2, 0.25) is 0 Å². The van der Waals surface area contributed by atoms with E-state index < -0.39 is 0 Å². The molecule has 5 heteroatoms. The molecule has 0 bridgehead atoms. The molecular formula is C18H19FN2OS. The molecule has 1 heterocycles. The minimum atomic E-state index is -0.273. The summed E-state index contributed by atoms with van der Waals surface area (Å²) in [7, 11) is 0. The number of rotatable bonds is 2. The Bertz CT molecular complexity index is 735. The zero-order chi connectivity index (χ0) is 16.4. The Morgan fingerprint density at radius 1 is 1.26 bits per heavy atom. The first kappa shape index (κ1) is 15.9. The largest absolute Gasteiger partial charge is 0.323 e. The summed E-state index contributed by atoms with van der Waals surface area (Å²) in [5.41, 5.74) is 3.83. The predicted octanol–water partition coefficient (Wildman–Crippen LogP) is 4.72. The van der Waals surface area contributed by atoms with Crippen LogP contribution in [0.3, 0.4) is 0 Å². The first-order valence-electron chi connectivity index (χ1n) is 7.56. The van der Waals surface area contributed by atoms with Crippen molar-refractivity contribution in [2.75, 3.05) is 17.6 Å². The maximum absolute atomic E-state index is 13.5. The van der Waals surface area contributed by atoms with Gasteiger partial charge in [0.15, 0.2) is 0 Å². The van der Waals surface area contributed by atoms with Gasteiger partial charge in [0.2, 0.25) is 0 Å². The van der Waals surface area contributed by atoms with Crippen LogP contribution in [-0.2, 0) is 0 Å². The summed E-state index contributed by atoms with van der Waals surface area (Å²) in [6.07, 6.45) is 0. The van der Waals surface area contributed by atoms with Crippen molar-refractivity contribution < 1.29 is 9.18 Å². The molecule has 1 saturated heterocycles. The summed E-state index contributed by atoms with van der Waals surface area (Å²) in [6.45, 7) is 4.66. The van der Waals surface area contributed by atoms with E-state index in [2.05, 4.69) is 5.32 Å². The molecule has 2 amide bonds. The Hall–Kier alpha value is -2.01. The van der Waals surface area contributed by atoms with Crippen molar-refractivity contribution in [2.24, 2.45) is 0 Å². The SMILES string of the molecule is Cc1ccc(NC(=O)N2CCSC2c2cccc(F)c2)c(C)c1. The van der Waals surface area contributed by atoms with Gasteiger partial charge in [-0.1, -0.05) is 29.8 Å². The van der Waals surface area contributed by atoms with Crippen LogP contribution in [-0.4, -0.2) is 23.2 Å². The molecule has 120 valence electrons. The van der Waals surface area contributed by atoms with Crippen molar-refractivity contribution >= 4 is 23.5 Å². The number of thioether (sulfide) groups is 1. The molecule has 0 saturated carbocycles. The highest BCUT2D eigenvalue weighted by molar-refractivity contribution is 7.99. The zero-order valence-corrected chi connectivity index (χ0v) is 14.0. The molecule has 3 rings (SSSR count). The van der Waals surface area contributed by atoms with Crippen LogP contribution in [0.25, 0.3) is 0 Å². The highest BCUT2D eigenvalue weighted by Gasteiger charge is 2.31. The van der Waals surface area contributed by atoms with Gasteiger partial charge in [-0.25, -0.2) is 9.18 Å². The van der Waals surface area contributed by atoms with Crippen LogP contribution in [0.1, 0.15) is 22.1 Å². The number of hydrogen-bond acceptors (Lipinski definition) is 2. The molecule has 1 atom stereocenters. The second kappa shape index (κ2) is 6.62. The first-order valence-corrected chi connectivity index (χ1v) is 8.61. The molecule has 1 N–H and O–H groups in total. The fourth-order valence-corrected chi connectivity index (χ4v) is 4.00.